The van der Waals surface area contributed by atoms with E-state index in [1.54, 1.807) is 36.3 Å². The summed E-state index contributed by atoms with van der Waals surface area (Å²) in [7, 11) is 1.76. The van der Waals surface area contributed by atoms with E-state index in [-0.39, 0.29) is 24.1 Å². The monoisotopic (exact) mass is 465 g/mol. The number of carbonyl (C=O) groups excluding carboxylic acids is 3. The smallest absolute Gasteiger partial charge is 0.269 e. The number of amides is 3. The highest BCUT2D eigenvalue weighted by molar-refractivity contribution is 8.15. The molecule has 4 rings (SSSR count). The molecule has 2 heterocycles. The van der Waals surface area contributed by atoms with Gasteiger partial charge in [0.05, 0.1) is 5.69 Å². The van der Waals surface area contributed by atoms with E-state index in [0.29, 0.717) is 11.3 Å². The highest BCUT2D eigenvalue weighted by Gasteiger charge is 2.33. The fourth-order valence-corrected chi connectivity index (χ4v) is 4.90. The number of thioether (sulfide) groups is 1. The zero-order chi connectivity index (χ0) is 23.2. The number of aliphatic imine (C=N–C) groups is 1. The second kappa shape index (κ2) is 10.5. The van der Waals surface area contributed by atoms with Crippen LogP contribution in [0.3, 0.4) is 0 Å². The molecule has 172 valence electrons. The zero-order valence-corrected chi connectivity index (χ0v) is 19.3. The number of rotatable bonds is 6. The molecule has 0 radical (unpaired) electrons. The standard InChI is InChI=1S/C24H27N5O3S/c1-28(19-11-4-2-5-12-19)27-22(31)17-9-8-10-18(15-17)25-21(30)16-20-23(32)26-24(33-20)29-13-6-3-7-14-29/h2,4-5,8-12,15,20H,3,6-7,13-14,16H2,1H3,(H,25,30)(H,27,31). The molecule has 1 atom stereocenters. The van der Waals surface area contributed by atoms with E-state index in [1.165, 1.54) is 18.2 Å². The van der Waals surface area contributed by atoms with Crippen LogP contribution in [-0.4, -0.2) is 53.2 Å². The molecule has 3 amide bonds. The van der Waals surface area contributed by atoms with Crippen molar-refractivity contribution in [1.82, 2.24) is 10.3 Å². The Bertz CT molecular complexity index is 1050. The van der Waals surface area contributed by atoms with Gasteiger partial charge in [-0.2, -0.15) is 4.99 Å². The average molecular weight is 466 g/mol. The van der Waals surface area contributed by atoms with Crippen molar-refractivity contribution in [3.63, 3.8) is 0 Å². The molecule has 1 saturated heterocycles. The van der Waals surface area contributed by atoms with E-state index in [1.807, 2.05) is 30.3 Å². The molecule has 0 bridgehead atoms. The predicted molar refractivity (Wildman–Crippen MR) is 131 cm³/mol. The number of nitrogens with zero attached hydrogens (tertiary/aromatic N) is 3. The molecule has 2 N–H and O–H groups in total. The van der Waals surface area contributed by atoms with Crippen LogP contribution in [0.2, 0.25) is 0 Å². The third-order valence-electron chi connectivity index (χ3n) is 5.55. The Balaban J connectivity index is 1.31. The molecule has 0 aromatic heterocycles. The third kappa shape index (κ3) is 5.92. The van der Waals surface area contributed by atoms with Gasteiger partial charge in [-0.25, -0.2) is 0 Å². The summed E-state index contributed by atoms with van der Waals surface area (Å²) in [5, 5.41) is 4.67. The van der Waals surface area contributed by atoms with Crippen molar-refractivity contribution >= 4 is 46.0 Å². The van der Waals surface area contributed by atoms with Gasteiger partial charge in [-0.1, -0.05) is 36.0 Å². The van der Waals surface area contributed by atoms with Crippen LogP contribution < -0.4 is 15.8 Å². The van der Waals surface area contributed by atoms with Crippen LogP contribution in [0.25, 0.3) is 0 Å². The lowest BCUT2D eigenvalue weighted by atomic mass is 10.1. The highest BCUT2D eigenvalue weighted by atomic mass is 32.2. The van der Waals surface area contributed by atoms with Crippen molar-refractivity contribution in [2.75, 3.05) is 30.5 Å². The molecule has 1 fully saturated rings. The second-order valence-corrected chi connectivity index (χ2v) is 9.23. The number of hydrogen-bond acceptors (Lipinski definition) is 6. The maximum Gasteiger partial charge on any atom is 0.269 e. The molecule has 0 saturated carbocycles. The molecule has 0 spiro atoms. The number of piperidine rings is 1. The van der Waals surface area contributed by atoms with Crippen LogP contribution in [0, 0.1) is 0 Å². The first-order valence-electron chi connectivity index (χ1n) is 11.0. The first kappa shape index (κ1) is 22.8. The maximum absolute atomic E-state index is 12.6. The predicted octanol–water partition coefficient (Wildman–Crippen LogP) is 3.28. The van der Waals surface area contributed by atoms with Crippen molar-refractivity contribution in [2.45, 2.75) is 30.9 Å². The minimum Gasteiger partial charge on any atom is -0.351 e. The molecule has 2 aliphatic rings. The van der Waals surface area contributed by atoms with Crippen molar-refractivity contribution in [3.8, 4) is 0 Å². The van der Waals surface area contributed by atoms with Crippen LogP contribution in [0.5, 0.6) is 0 Å². The van der Waals surface area contributed by atoms with Crippen molar-refractivity contribution in [3.05, 3.63) is 60.2 Å². The Labute approximate surface area is 197 Å². The largest absolute Gasteiger partial charge is 0.351 e. The molecule has 33 heavy (non-hydrogen) atoms. The lowest BCUT2D eigenvalue weighted by Crippen LogP contribution is -2.39. The van der Waals surface area contributed by atoms with Gasteiger partial charge >= 0.3 is 0 Å². The van der Waals surface area contributed by atoms with Gasteiger partial charge in [-0.3, -0.25) is 24.8 Å². The van der Waals surface area contributed by atoms with Crippen LogP contribution in [0.1, 0.15) is 36.0 Å². The average Bonchev–Trinajstić information content (AvgIpc) is 3.20. The van der Waals surface area contributed by atoms with Crippen LogP contribution in [0.4, 0.5) is 11.4 Å². The van der Waals surface area contributed by atoms with Gasteiger partial charge in [0.25, 0.3) is 11.8 Å². The van der Waals surface area contributed by atoms with Gasteiger partial charge in [0.15, 0.2) is 5.17 Å². The summed E-state index contributed by atoms with van der Waals surface area (Å²) in [5.41, 5.74) is 4.57. The minimum atomic E-state index is -0.507. The number of amidine groups is 1. The van der Waals surface area contributed by atoms with E-state index in [2.05, 4.69) is 20.6 Å². The Hall–Kier alpha value is -3.33. The zero-order valence-electron chi connectivity index (χ0n) is 18.5. The van der Waals surface area contributed by atoms with Crippen LogP contribution in [0.15, 0.2) is 59.6 Å². The summed E-state index contributed by atoms with van der Waals surface area (Å²) in [4.78, 5) is 43.8. The van der Waals surface area contributed by atoms with Crippen molar-refractivity contribution in [2.24, 2.45) is 4.99 Å². The summed E-state index contributed by atoms with van der Waals surface area (Å²) in [6, 6.07) is 16.2. The summed E-state index contributed by atoms with van der Waals surface area (Å²) >= 11 is 1.37. The van der Waals surface area contributed by atoms with Gasteiger partial charge in [0.2, 0.25) is 5.91 Å². The molecule has 2 aromatic carbocycles. The lowest BCUT2D eigenvalue weighted by molar-refractivity contribution is -0.121. The van der Waals surface area contributed by atoms with Gasteiger partial charge in [0, 0.05) is 37.8 Å². The quantitative estimate of drug-likeness (QED) is 0.636. The minimum absolute atomic E-state index is 0.0392. The van der Waals surface area contributed by atoms with Gasteiger partial charge in [0.1, 0.15) is 5.25 Å². The first-order chi connectivity index (χ1) is 16.0. The number of hydrogen-bond donors (Lipinski definition) is 2. The Kier molecular flexibility index (Phi) is 7.29. The van der Waals surface area contributed by atoms with E-state index < -0.39 is 5.25 Å². The van der Waals surface area contributed by atoms with Crippen molar-refractivity contribution < 1.29 is 14.4 Å². The molecular formula is C24H27N5O3S. The molecule has 9 heteroatoms. The first-order valence-corrected chi connectivity index (χ1v) is 11.9. The van der Waals surface area contributed by atoms with Crippen LogP contribution >= 0.6 is 11.8 Å². The third-order valence-corrected chi connectivity index (χ3v) is 6.76. The highest BCUT2D eigenvalue weighted by Crippen LogP contribution is 2.29. The summed E-state index contributed by atoms with van der Waals surface area (Å²) in [6.45, 7) is 1.82. The SMILES string of the molecule is CN(NC(=O)c1cccc(NC(=O)CC2SC(N3CCCCC3)=NC2=O)c1)c1ccccc1. The van der Waals surface area contributed by atoms with Gasteiger partial charge in [-0.05, 0) is 49.6 Å². The Morgan fingerprint density at radius 2 is 1.85 bits per heavy atom. The van der Waals surface area contributed by atoms with Crippen molar-refractivity contribution in [1.29, 1.82) is 0 Å². The number of benzene rings is 2. The van der Waals surface area contributed by atoms with E-state index in [0.717, 1.165) is 36.8 Å². The van der Waals surface area contributed by atoms with Gasteiger partial charge < -0.3 is 10.2 Å². The number of hydrazine groups is 1. The Morgan fingerprint density at radius 1 is 1.09 bits per heavy atom. The number of likely N-dealkylation sites (tertiary alicyclic amines) is 1. The molecule has 8 nitrogen and oxygen atoms in total. The molecule has 2 aromatic rings. The number of carbonyl (C=O) groups is 3. The molecule has 0 aliphatic carbocycles. The molecule has 2 aliphatic heterocycles. The summed E-state index contributed by atoms with van der Waals surface area (Å²) in [6.07, 6.45) is 3.44. The molecule has 1 unspecified atom stereocenters. The number of para-hydroxylation sites is 1. The normalized spacial score (nSPS) is 18.0. The summed E-state index contributed by atoms with van der Waals surface area (Å²) in [5.74, 6) is -0.832. The number of anilines is 2. The van der Waals surface area contributed by atoms with E-state index >= 15 is 0 Å². The Morgan fingerprint density at radius 3 is 2.61 bits per heavy atom. The maximum atomic E-state index is 12.6. The molecular weight excluding hydrogens is 438 g/mol. The van der Waals surface area contributed by atoms with Gasteiger partial charge in [-0.15, -0.1) is 0 Å². The lowest BCUT2D eigenvalue weighted by Gasteiger charge is -2.27. The van der Waals surface area contributed by atoms with E-state index in [4.69, 9.17) is 0 Å². The van der Waals surface area contributed by atoms with Crippen LogP contribution in [-0.2, 0) is 9.59 Å². The topological polar surface area (TPSA) is 94.1 Å². The fraction of sp³-hybridized carbons (Fsp3) is 0.333. The number of nitrogens with one attached hydrogen (secondary N) is 2. The fourth-order valence-electron chi connectivity index (χ4n) is 3.78. The second-order valence-electron chi connectivity index (χ2n) is 8.06. The summed E-state index contributed by atoms with van der Waals surface area (Å²) < 4.78 is 0. The van der Waals surface area contributed by atoms with E-state index in [9.17, 15) is 14.4 Å².